The maximum absolute atomic E-state index is 9.13. The predicted molar refractivity (Wildman–Crippen MR) is 58.9 cm³/mol. The van der Waals surface area contributed by atoms with Crippen molar-refractivity contribution in [1.29, 1.82) is 0 Å². The summed E-state index contributed by atoms with van der Waals surface area (Å²) in [6.07, 6.45) is 0. The molecule has 0 bridgehead atoms. The fourth-order valence-electron chi connectivity index (χ4n) is 1.02. The van der Waals surface area contributed by atoms with E-state index in [0.717, 1.165) is 11.1 Å². The van der Waals surface area contributed by atoms with Gasteiger partial charge in [-0.2, -0.15) is 0 Å². The molecule has 0 aliphatic heterocycles. The monoisotopic (exact) mass is 236 g/mol. The molecule has 0 radical (unpaired) electrons. The SMILES string of the molecule is Cc1ccc(OP(O)(=S)Cl)c(C)c1. The number of aryl methyl sites for hydroxylation is 2. The third kappa shape index (κ3) is 3.65. The molecule has 0 aromatic heterocycles. The second-order valence-electron chi connectivity index (χ2n) is 2.81. The van der Waals surface area contributed by atoms with Crippen molar-refractivity contribution in [3.63, 3.8) is 0 Å². The molecule has 0 amide bonds. The molecule has 5 heteroatoms. The van der Waals surface area contributed by atoms with Crippen LogP contribution in [0.1, 0.15) is 11.1 Å². The minimum Gasteiger partial charge on any atom is -0.433 e. The molecule has 0 saturated heterocycles. The zero-order chi connectivity index (χ0) is 10.1. The van der Waals surface area contributed by atoms with E-state index in [9.17, 15) is 0 Å². The summed E-state index contributed by atoms with van der Waals surface area (Å²) in [5.74, 6) is -2.58. The molecule has 1 rings (SSSR count). The van der Waals surface area contributed by atoms with E-state index in [-0.39, 0.29) is 0 Å². The molecule has 1 unspecified atom stereocenters. The van der Waals surface area contributed by atoms with Crippen LogP contribution in [0.25, 0.3) is 0 Å². The lowest BCUT2D eigenvalue weighted by Gasteiger charge is -2.11. The Hall–Kier alpha value is -0.0800. The van der Waals surface area contributed by atoms with Gasteiger partial charge in [0, 0.05) is 0 Å². The van der Waals surface area contributed by atoms with Gasteiger partial charge in [-0.25, -0.2) is 0 Å². The van der Waals surface area contributed by atoms with Crippen molar-refractivity contribution in [2.75, 3.05) is 0 Å². The van der Waals surface area contributed by atoms with E-state index in [0.29, 0.717) is 5.75 Å². The van der Waals surface area contributed by atoms with Crippen LogP contribution in [0.15, 0.2) is 18.2 Å². The predicted octanol–water partition coefficient (Wildman–Crippen LogP) is 3.14. The molecule has 1 aromatic carbocycles. The Bertz CT molecular complexity index is 361. The smallest absolute Gasteiger partial charge is 0.330 e. The Morgan fingerprint density at radius 2 is 2.08 bits per heavy atom. The summed E-state index contributed by atoms with van der Waals surface area (Å²) >= 11 is 10.0. The van der Waals surface area contributed by atoms with Gasteiger partial charge in [0.25, 0.3) is 0 Å². The zero-order valence-electron chi connectivity index (χ0n) is 7.32. The first-order chi connectivity index (χ1) is 5.88. The first-order valence-corrected chi connectivity index (χ1v) is 7.25. The fraction of sp³-hybridized carbons (Fsp3) is 0.250. The van der Waals surface area contributed by atoms with Gasteiger partial charge in [-0.1, -0.05) is 17.7 Å². The molecule has 0 saturated carbocycles. The van der Waals surface area contributed by atoms with E-state index in [1.807, 2.05) is 26.0 Å². The van der Waals surface area contributed by atoms with Crippen LogP contribution < -0.4 is 4.52 Å². The van der Waals surface area contributed by atoms with Crippen molar-refractivity contribution < 1.29 is 9.42 Å². The highest BCUT2D eigenvalue weighted by Gasteiger charge is 2.11. The molecule has 2 nitrogen and oxygen atoms in total. The zero-order valence-corrected chi connectivity index (χ0v) is 9.79. The van der Waals surface area contributed by atoms with Gasteiger partial charge in [0.15, 0.2) is 0 Å². The lowest BCUT2D eigenvalue weighted by atomic mass is 10.1. The number of hydrogen-bond donors (Lipinski definition) is 1. The van der Waals surface area contributed by atoms with Gasteiger partial charge in [-0.15, -0.1) is 0 Å². The van der Waals surface area contributed by atoms with Crippen LogP contribution >= 0.6 is 17.1 Å². The molecule has 13 heavy (non-hydrogen) atoms. The maximum Gasteiger partial charge on any atom is 0.330 e. The Balaban J connectivity index is 2.97. The third-order valence-corrected chi connectivity index (χ3v) is 2.39. The summed E-state index contributed by atoms with van der Waals surface area (Å²) in [4.78, 5) is 9.13. The second kappa shape index (κ2) is 3.97. The van der Waals surface area contributed by atoms with Crippen LogP contribution in [0.5, 0.6) is 5.75 Å². The fourth-order valence-corrected chi connectivity index (χ4v) is 1.93. The summed E-state index contributed by atoms with van der Waals surface area (Å²) < 4.78 is 5.03. The van der Waals surface area contributed by atoms with Crippen molar-refractivity contribution in [2.45, 2.75) is 13.8 Å². The second-order valence-corrected chi connectivity index (χ2v) is 7.36. The van der Waals surface area contributed by atoms with Crippen molar-refractivity contribution in [1.82, 2.24) is 0 Å². The minimum atomic E-state index is -3.12. The molecule has 0 fully saturated rings. The van der Waals surface area contributed by atoms with E-state index in [4.69, 9.17) is 20.7 Å². The first kappa shape index (κ1) is 11.0. The molecule has 1 atom stereocenters. The summed E-state index contributed by atoms with van der Waals surface area (Å²) in [5, 5.41) is 0. The standard InChI is InChI=1S/C8H10ClO2PS/c1-6-3-4-8(7(2)5-6)11-12(9,10)13/h3-5H,1-2H3,(H,10,13). The molecule has 1 N–H and O–H groups in total. The van der Waals surface area contributed by atoms with Crippen LogP contribution in [0.2, 0.25) is 0 Å². The Kier molecular flexibility index (Phi) is 3.36. The van der Waals surface area contributed by atoms with Crippen molar-refractivity contribution in [2.24, 2.45) is 0 Å². The van der Waals surface area contributed by atoms with Crippen LogP contribution in [0.3, 0.4) is 0 Å². The summed E-state index contributed by atoms with van der Waals surface area (Å²) in [7, 11) is 0. The number of halogens is 1. The average molecular weight is 237 g/mol. The summed E-state index contributed by atoms with van der Waals surface area (Å²) in [5.41, 5.74) is 2.05. The quantitative estimate of drug-likeness (QED) is 0.800. The average Bonchev–Trinajstić information content (AvgIpc) is 1.93. The van der Waals surface area contributed by atoms with Gasteiger partial charge in [0.2, 0.25) is 0 Å². The Morgan fingerprint density at radius 3 is 2.54 bits per heavy atom. The highest BCUT2D eigenvalue weighted by atomic mass is 35.7. The minimum absolute atomic E-state index is 0.548. The molecule has 0 aliphatic carbocycles. The molecule has 0 heterocycles. The van der Waals surface area contributed by atoms with Crippen molar-refractivity contribution >= 4 is 28.9 Å². The van der Waals surface area contributed by atoms with Gasteiger partial charge in [-0.3, -0.25) is 0 Å². The number of rotatable bonds is 2. The van der Waals surface area contributed by atoms with E-state index in [2.05, 4.69) is 11.8 Å². The third-order valence-electron chi connectivity index (χ3n) is 1.54. The van der Waals surface area contributed by atoms with Crippen molar-refractivity contribution in [3.05, 3.63) is 29.3 Å². The van der Waals surface area contributed by atoms with Crippen molar-refractivity contribution in [3.8, 4) is 5.75 Å². The number of hydrogen-bond acceptors (Lipinski definition) is 2. The van der Waals surface area contributed by atoms with E-state index >= 15 is 0 Å². The largest absolute Gasteiger partial charge is 0.433 e. The van der Waals surface area contributed by atoms with Gasteiger partial charge in [0.05, 0.1) is 0 Å². The summed E-state index contributed by atoms with van der Waals surface area (Å²) in [6.45, 7) is 3.86. The lowest BCUT2D eigenvalue weighted by molar-refractivity contribution is 0.500. The topological polar surface area (TPSA) is 29.5 Å². The Morgan fingerprint density at radius 1 is 1.46 bits per heavy atom. The normalized spacial score (nSPS) is 15.1. The summed E-state index contributed by atoms with van der Waals surface area (Å²) in [6, 6.07) is 5.58. The molecule has 0 spiro atoms. The van der Waals surface area contributed by atoms with Gasteiger partial charge >= 0.3 is 5.84 Å². The molecule has 72 valence electrons. The van der Waals surface area contributed by atoms with E-state index in [1.54, 1.807) is 6.07 Å². The van der Waals surface area contributed by atoms with E-state index < -0.39 is 5.84 Å². The van der Waals surface area contributed by atoms with Gasteiger partial charge in [-0.05, 0) is 48.5 Å². The molecular formula is C8H10ClO2PS. The van der Waals surface area contributed by atoms with Crippen LogP contribution in [0.4, 0.5) is 0 Å². The Labute approximate surface area is 87.5 Å². The molecular weight excluding hydrogens is 227 g/mol. The maximum atomic E-state index is 9.13. The van der Waals surface area contributed by atoms with Crippen LogP contribution in [-0.4, -0.2) is 4.89 Å². The highest BCUT2D eigenvalue weighted by Crippen LogP contribution is 2.48. The van der Waals surface area contributed by atoms with E-state index in [1.165, 1.54) is 0 Å². The molecule has 1 aromatic rings. The first-order valence-electron chi connectivity index (χ1n) is 3.68. The van der Waals surface area contributed by atoms with Gasteiger partial charge in [0.1, 0.15) is 5.75 Å². The highest BCUT2D eigenvalue weighted by molar-refractivity contribution is 8.22. The van der Waals surface area contributed by atoms with Crippen LogP contribution in [-0.2, 0) is 11.8 Å². The van der Waals surface area contributed by atoms with Crippen LogP contribution in [0, 0.1) is 13.8 Å². The number of benzene rings is 1. The molecule has 0 aliphatic rings. The lowest BCUT2D eigenvalue weighted by Crippen LogP contribution is -1.88. The van der Waals surface area contributed by atoms with Gasteiger partial charge < -0.3 is 9.42 Å².